The molecule has 1 amide bonds. The van der Waals surface area contributed by atoms with E-state index in [-0.39, 0.29) is 25.5 Å². The zero-order valence-corrected chi connectivity index (χ0v) is 21.0. The molecule has 0 radical (unpaired) electrons. The fourth-order valence-electron chi connectivity index (χ4n) is 6.00. The van der Waals surface area contributed by atoms with Crippen LogP contribution < -0.4 is 9.47 Å². The van der Waals surface area contributed by atoms with Crippen molar-refractivity contribution in [2.75, 3.05) is 20.4 Å². The molecule has 0 unspecified atom stereocenters. The Morgan fingerprint density at radius 2 is 1.89 bits per heavy atom. The second kappa shape index (κ2) is 8.63. The van der Waals surface area contributed by atoms with Crippen molar-refractivity contribution >= 4 is 17.8 Å². The van der Waals surface area contributed by atoms with Gasteiger partial charge in [-0.15, -0.1) is 0 Å². The van der Waals surface area contributed by atoms with Crippen molar-refractivity contribution in [3.8, 4) is 11.5 Å². The van der Waals surface area contributed by atoms with E-state index in [2.05, 4.69) is 0 Å². The van der Waals surface area contributed by atoms with Crippen LogP contribution in [0, 0.1) is 0 Å². The monoisotopic (exact) mass is 517 g/mol. The van der Waals surface area contributed by atoms with Gasteiger partial charge in [0.05, 0.1) is 30.6 Å². The largest absolute Gasteiger partial charge is 0.497 e. The number of aliphatic hydroxyl groups is 2. The van der Waals surface area contributed by atoms with E-state index in [0.717, 1.165) is 6.42 Å². The second-order valence-corrected chi connectivity index (χ2v) is 10.8. The lowest BCUT2D eigenvalue weighted by Crippen LogP contribution is -2.55. The van der Waals surface area contributed by atoms with E-state index in [0.29, 0.717) is 41.4 Å². The van der Waals surface area contributed by atoms with Crippen molar-refractivity contribution in [1.29, 1.82) is 0 Å². The van der Waals surface area contributed by atoms with Crippen LogP contribution in [0.1, 0.15) is 67.8 Å². The summed E-state index contributed by atoms with van der Waals surface area (Å²) < 4.78 is 22.6. The second-order valence-electron chi connectivity index (χ2n) is 10.8. The number of ether oxygens (including phenoxy) is 4. The number of aliphatic carboxylic acids is 1. The van der Waals surface area contributed by atoms with Gasteiger partial charge in [-0.1, -0.05) is 0 Å². The van der Waals surface area contributed by atoms with Gasteiger partial charge in [-0.2, -0.15) is 0 Å². The molecule has 11 nitrogen and oxygen atoms in total. The SMILES string of the molecule is COC1=C[C@]23CCCN2C(=O)c2cc4c(cc2[C@@H]3[C@@H]1OC(=O)[C@@](O)(CCC(C)(C)O)CC(=O)O)OCO4. The van der Waals surface area contributed by atoms with Gasteiger partial charge in [0.15, 0.2) is 23.2 Å². The zero-order chi connectivity index (χ0) is 26.8. The summed E-state index contributed by atoms with van der Waals surface area (Å²) in [6.45, 7) is 3.53. The fourth-order valence-corrected chi connectivity index (χ4v) is 6.00. The molecule has 3 heterocycles. The topological polar surface area (TPSA) is 152 Å². The molecule has 1 aliphatic carbocycles. The number of carboxylic acid groups (broad SMARTS) is 1. The van der Waals surface area contributed by atoms with E-state index in [1.165, 1.54) is 21.0 Å². The number of methoxy groups -OCH3 is 1. The molecule has 11 heteroatoms. The van der Waals surface area contributed by atoms with Gasteiger partial charge in [0, 0.05) is 12.1 Å². The molecule has 3 N–H and O–H groups in total. The molecule has 37 heavy (non-hydrogen) atoms. The van der Waals surface area contributed by atoms with Crippen molar-refractivity contribution in [3.63, 3.8) is 0 Å². The first-order chi connectivity index (χ1) is 17.4. The molecule has 1 fully saturated rings. The summed E-state index contributed by atoms with van der Waals surface area (Å²) in [5.74, 6) is -2.03. The molecule has 1 saturated heterocycles. The van der Waals surface area contributed by atoms with Gasteiger partial charge < -0.3 is 39.2 Å². The van der Waals surface area contributed by atoms with Crippen LogP contribution in [0.3, 0.4) is 0 Å². The minimum Gasteiger partial charge on any atom is -0.497 e. The summed E-state index contributed by atoms with van der Waals surface area (Å²) in [4.78, 5) is 40.3. The lowest BCUT2D eigenvalue weighted by molar-refractivity contribution is -0.178. The number of benzene rings is 1. The minimum absolute atomic E-state index is 0.0232. The van der Waals surface area contributed by atoms with E-state index in [1.54, 1.807) is 23.1 Å². The van der Waals surface area contributed by atoms with Gasteiger partial charge in [-0.05, 0) is 63.3 Å². The van der Waals surface area contributed by atoms with Crippen LogP contribution in [-0.2, 0) is 19.1 Å². The van der Waals surface area contributed by atoms with Crippen molar-refractivity contribution in [2.24, 2.45) is 0 Å². The Kier molecular flexibility index (Phi) is 5.91. The van der Waals surface area contributed by atoms with Crippen LogP contribution in [0.4, 0.5) is 0 Å². The summed E-state index contributed by atoms with van der Waals surface area (Å²) in [6.07, 6.45) is 0.855. The van der Waals surface area contributed by atoms with Crippen LogP contribution >= 0.6 is 0 Å². The van der Waals surface area contributed by atoms with Crippen LogP contribution in [-0.4, -0.2) is 81.4 Å². The van der Waals surface area contributed by atoms with Gasteiger partial charge >= 0.3 is 11.9 Å². The highest BCUT2D eigenvalue weighted by Gasteiger charge is 2.62. The van der Waals surface area contributed by atoms with Crippen LogP contribution in [0.2, 0.25) is 0 Å². The maximum absolute atomic E-state index is 13.5. The standard InChI is InChI=1S/C26H31NO10/c1-24(2,32)6-7-26(33,12-19(28)29)23(31)37-21-18(34-3)11-25-5-4-8-27(25)22(30)15-10-17-16(35-13-36-17)9-14(15)20(21)25/h9-11,20-21,32-33H,4-8,12-13H2,1-3H3,(H,28,29)/t20-,21-,25+,26-/m1/s1. The van der Waals surface area contributed by atoms with Crippen molar-refractivity contribution in [2.45, 2.75) is 74.7 Å². The van der Waals surface area contributed by atoms with Gasteiger partial charge in [0.2, 0.25) is 6.79 Å². The number of hydrogen-bond acceptors (Lipinski definition) is 9. The predicted octanol–water partition coefficient (Wildman–Crippen LogP) is 1.70. The van der Waals surface area contributed by atoms with Crippen molar-refractivity contribution in [3.05, 3.63) is 35.1 Å². The van der Waals surface area contributed by atoms with Crippen LogP contribution in [0.15, 0.2) is 24.0 Å². The third-order valence-electron chi connectivity index (χ3n) is 7.77. The fraction of sp³-hybridized carbons (Fsp3) is 0.577. The third kappa shape index (κ3) is 4.10. The molecule has 5 rings (SSSR count). The summed E-state index contributed by atoms with van der Waals surface area (Å²) in [5, 5.41) is 30.7. The normalized spacial score (nSPS) is 27.1. The molecular weight excluding hydrogens is 486 g/mol. The molecule has 1 aromatic rings. The number of fused-ring (bicyclic) bond motifs is 3. The lowest BCUT2D eigenvalue weighted by atomic mass is 9.73. The van der Waals surface area contributed by atoms with Crippen molar-refractivity contribution < 1.29 is 48.7 Å². The summed E-state index contributed by atoms with van der Waals surface area (Å²) >= 11 is 0. The average molecular weight is 518 g/mol. The van der Waals surface area contributed by atoms with E-state index in [1.807, 2.05) is 0 Å². The average Bonchev–Trinajstić information content (AvgIpc) is 3.53. The summed E-state index contributed by atoms with van der Waals surface area (Å²) in [6, 6.07) is 3.36. The van der Waals surface area contributed by atoms with E-state index >= 15 is 0 Å². The number of carboxylic acids is 1. The van der Waals surface area contributed by atoms with Crippen LogP contribution in [0.5, 0.6) is 11.5 Å². The smallest absolute Gasteiger partial charge is 0.339 e. The van der Waals surface area contributed by atoms with Gasteiger partial charge in [0.1, 0.15) is 5.76 Å². The quantitative estimate of drug-likeness (QED) is 0.435. The van der Waals surface area contributed by atoms with Gasteiger partial charge in [0.25, 0.3) is 5.91 Å². The predicted molar refractivity (Wildman–Crippen MR) is 126 cm³/mol. The van der Waals surface area contributed by atoms with Crippen LogP contribution in [0.25, 0.3) is 0 Å². The maximum Gasteiger partial charge on any atom is 0.339 e. The van der Waals surface area contributed by atoms with E-state index in [4.69, 9.17) is 18.9 Å². The molecule has 1 aromatic carbocycles. The number of carbonyl (C=O) groups is 3. The number of nitrogens with zero attached hydrogens (tertiary/aromatic N) is 1. The third-order valence-corrected chi connectivity index (χ3v) is 7.77. The summed E-state index contributed by atoms with van der Waals surface area (Å²) in [7, 11) is 1.43. The van der Waals surface area contributed by atoms with Crippen molar-refractivity contribution in [1.82, 2.24) is 4.90 Å². The Morgan fingerprint density at radius 3 is 2.54 bits per heavy atom. The number of rotatable bonds is 8. The highest BCUT2D eigenvalue weighted by Crippen LogP contribution is 2.57. The molecule has 4 atom stereocenters. The zero-order valence-electron chi connectivity index (χ0n) is 21.0. The first-order valence-electron chi connectivity index (χ1n) is 12.3. The molecule has 200 valence electrons. The van der Waals surface area contributed by atoms with Gasteiger partial charge in [-0.25, -0.2) is 4.79 Å². The lowest BCUT2D eigenvalue weighted by Gasteiger charge is -2.45. The molecule has 0 bridgehead atoms. The highest BCUT2D eigenvalue weighted by molar-refractivity contribution is 6.00. The Bertz CT molecular complexity index is 1190. The summed E-state index contributed by atoms with van der Waals surface area (Å²) in [5.41, 5.74) is -3.42. The minimum atomic E-state index is -2.38. The molecule has 1 spiro atoms. The Labute approximate surface area is 213 Å². The molecule has 0 saturated carbocycles. The number of esters is 1. The molecule has 4 aliphatic rings. The Morgan fingerprint density at radius 1 is 1.19 bits per heavy atom. The number of carbonyl (C=O) groups excluding carboxylic acids is 2. The number of amides is 1. The highest BCUT2D eigenvalue weighted by atomic mass is 16.7. The van der Waals surface area contributed by atoms with E-state index in [9.17, 15) is 29.7 Å². The molecule has 0 aromatic heterocycles. The van der Waals surface area contributed by atoms with E-state index < -0.39 is 47.1 Å². The number of hydrogen-bond donors (Lipinski definition) is 3. The maximum atomic E-state index is 13.5. The first kappa shape index (κ1) is 25.3. The molecule has 3 aliphatic heterocycles. The first-order valence-corrected chi connectivity index (χ1v) is 12.3. The Hall–Kier alpha value is -3.31. The molecular formula is C26H31NO10. The Balaban J connectivity index is 1.55. The van der Waals surface area contributed by atoms with Gasteiger partial charge in [-0.3, -0.25) is 9.59 Å².